The van der Waals surface area contributed by atoms with Crippen LogP contribution in [0, 0.1) is 0 Å². The number of nitrogens with zero attached hydrogens (tertiary/aromatic N) is 2. The van der Waals surface area contributed by atoms with Crippen molar-refractivity contribution in [3.8, 4) is 33.7 Å². The van der Waals surface area contributed by atoms with E-state index in [2.05, 4.69) is 216 Å². The summed E-state index contributed by atoms with van der Waals surface area (Å²) in [6.45, 7) is 0. The molecule has 1 aromatic heterocycles. The van der Waals surface area contributed by atoms with Crippen LogP contribution >= 0.6 is 0 Å². The fourth-order valence-corrected chi connectivity index (χ4v) is 8.77. The molecular weight excluding hydrogens is 669 g/mol. The minimum Gasteiger partial charge on any atom is -0.484 e. The summed E-state index contributed by atoms with van der Waals surface area (Å²) in [4.78, 5) is 2.32. The molecule has 8 aromatic carbocycles. The monoisotopic (exact) mass is 704 g/mol. The van der Waals surface area contributed by atoms with Gasteiger partial charge >= 0.3 is 0 Å². The fraction of sp³-hybridized carbons (Fsp3) is 0.0385. The highest BCUT2D eigenvalue weighted by Gasteiger charge is 2.36. The van der Waals surface area contributed by atoms with E-state index in [1.54, 1.807) is 0 Å². The summed E-state index contributed by atoms with van der Waals surface area (Å²) in [6.07, 6.45) is 8.73. The Bertz CT molecular complexity index is 2890. The Morgan fingerprint density at radius 1 is 0.491 bits per heavy atom. The first-order valence-electron chi connectivity index (χ1n) is 19.0. The summed E-state index contributed by atoms with van der Waals surface area (Å²) in [7, 11) is 0. The largest absolute Gasteiger partial charge is 0.484 e. The smallest absolute Gasteiger partial charge is 0.134 e. The number of rotatable bonds is 6. The lowest BCUT2D eigenvalue weighted by Gasteiger charge is -2.25. The zero-order valence-corrected chi connectivity index (χ0v) is 30.1. The Kier molecular flexibility index (Phi) is 7.31. The van der Waals surface area contributed by atoms with E-state index >= 15 is 0 Å². The molecule has 11 rings (SSSR count). The molecule has 0 fully saturated rings. The lowest BCUT2D eigenvalue weighted by atomic mass is 9.88. The van der Waals surface area contributed by atoms with Crippen molar-refractivity contribution < 1.29 is 4.74 Å². The van der Waals surface area contributed by atoms with Crippen LogP contribution in [0.15, 0.2) is 206 Å². The van der Waals surface area contributed by atoms with E-state index < -0.39 is 0 Å². The molecule has 260 valence electrons. The van der Waals surface area contributed by atoms with Gasteiger partial charge < -0.3 is 14.2 Å². The van der Waals surface area contributed by atoms with Crippen LogP contribution in [0.1, 0.15) is 11.5 Å². The molecule has 9 aromatic rings. The molecule has 1 aliphatic heterocycles. The van der Waals surface area contributed by atoms with Crippen molar-refractivity contribution in [2.24, 2.45) is 0 Å². The molecule has 0 bridgehead atoms. The Morgan fingerprint density at radius 3 is 1.82 bits per heavy atom. The quantitative estimate of drug-likeness (QED) is 0.171. The third-order valence-corrected chi connectivity index (χ3v) is 11.3. The zero-order chi connectivity index (χ0) is 36.3. The number of aromatic nitrogens is 1. The third-order valence-electron chi connectivity index (χ3n) is 11.3. The second kappa shape index (κ2) is 12.8. The van der Waals surface area contributed by atoms with Crippen molar-refractivity contribution in [2.45, 2.75) is 12.0 Å². The molecule has 0 radical (unpaired) electrons. The van der Waals surface area contributed by atoms with Crippen molar-refractivity contribution in [2.75, 3.05) is 4.90 Å². The minimum absolute atomic E-state index is 0.0374. The van der Waals surface area contributed by atoms with Crippen molar-refractivity contribution in [1.82, 2.24) is 4.57 Å². The van der Waals surface area contributed by atoms with Gasteiger partial charge in [-0.2, -0.15) is 0 Å². The Labute approximate surface area is 320 Å². The topological polar surface area (TPSA) is 17.4 Å². The van der Waals surface area contributed by atoms with Gasteiger partial charge in [0.25, 0.3) is 0 Å². The molecule has 2 heterocycles. The highest BCUT2D eigenvalue weighted by molar-refractivity contribution is 6.26. The van der Waals surface area contributed by atoms with E-state index in [1.165, 1.54) is 43.8 Å². The van der Waals surface area contributed by atoms with Gasteiger partial charge in [0.15, 0.2) is 0 Å². The lowest BCUT2D eigenvalue weighted by Crippen LogP contribution is -2.15. The van der Waals surface area contributed by atoms with Crippen LogP contribution < -0.4 is 9.64 Å². The third kappa shape index (κ3) is 5.12. The van der Waals surface area contributed by atoms with Crippen molar-refractivity contribution >= 4 is 49.6 Å². The molecule has 3 heteroatoms. The molecule has 2 atom stereocenters. The average Bonchev–Trinajstić information content (AvgIpc) is 3.81. The van der Waals surface area contributed by atoms with Gasteiger partial charge in [-0.3, -0.25) is 0 Å². The number of para-hydroxylation sites is 2. The van der Waals surface area contributed by atoms with Crippen molar-refractivity contribution in [1.29, 1.82) is 0 Å². The number of fused-ring (bicyclic) bond motifs is 9. The van der Waals surface area contributed by atoms with Crippen LogP contribution in [0.5, 0.6) is 5.75 Å². The maximum atomic E-state index is 6.99. The summed E-state index contributed by atoms with van der Waals surface area (Å²) in [6, 6.07) is 65.6. The standard InChI is InChI=1S/C52H36N2O/c1-4-14-35(15-5-1)36-24-29-42(30-25-36)54-47-33-28-37-16-10-11-21-43(37)49(47)50-51(54)45(34-46-44-22-12-13-23-48(44)55-52(46)50)38-26-31-41(32-27-38)53(39-17-6-2-7-18-39)40-19-8-3-9-20-40/h1-34,44,48H. The summed E-state index contributed by atoms with van der Waals surface area (Å²) in [5.74, 6) is 1.13. The highest BCUT2D eigenvalue weighted by atomic mass is 16.5. The van der Waals surface area contributed by atoms with Gasteiger partial charge in [0.2, 0.25) is 0 Å². The van der Waals surface area contributed by atoms with Crippen LogP contribution in [0.4, 0.5) is 17.1 Å². The summed E-state index contributed by atoms with van der Waals surface area (Å²) in [5, 5.41) is 4.84. The zero-order valence-electron chi connectivity index (χ0n) is 30.1. The number of anilines is 3. The summed E-state index contributed by atoms with van der Waals surface area (Å²) >= 11 is 0. The molecule has 2 aliphatic rings. The first-order chi connectivity index (χ1) is 27.3. The van der Waals surface area contributed by atoms with Crippen LogP contribution in [0.2, 0.25) is 0 Å². The van der Waals surface area contributed by atoms with Gasteiger partial charge in [-0.25, -0.2) is 0 Å². The molecule has 0 spiro atoms. The van der Waals surface area contributed by atoms with Crippen LogP contribution in [-0.4, -0.2) is 10.7 Å². The molecule has 2 unspecified atom stereocenters. The molecule has 3 nitrogen and oxygen atoms in total. The maximum absolute atomic E-state index is 6.99. The SMILES string of the molecule is C1=CC2Oc3c(cc(-c4ccc(N(c5ccccc5)c5ccccc5)cc4)c4c3c3c5ccccc5ccc3n4-c3ccc(-c4ccccc4)cc3)C2C=C1. The summed E-state index contributed by atoms with van der Waals surface area (Å²) in [5.41, 5.74) is 12.7. The normalized spacial score (nSPS) is 15.6. The predicted octanol–water partition coefficient (Wildman–Crippen LogP) is 13.7. The fourth-order valence-electron chi connectivity index (χ4n) is 8.77. The van der Waals surface area contributed by atoms with E-state index in [-0.39, 0.29) is 12.0 Å². The van der Waals surface area contributed by atoms with Gasteiger partial charge in [-0.1, -0.05) is 140 Å². The Balaban J connectivity index is 1.18. The van der Waals surface area contributed by atoms with Crippen LogP contribution in [0.3, 0.4) is 0 Å². The summed E-state index contributed by atoms with van der Waals surface area (Å²) < 4.78 is 9.45. The minimum atomic E-state index is -0.0374. The van der Waals surface area contributed by atoms with Gasteiger partial charge in [0.05, 0.1) is 16.4 Å². The first kappa shape index (κ1) is 31.4. The molecule has 1 aliphatic carbocycles. The average molecular weight is 705 g/mol. The first-order valence-corrected chi connectivity index (χ1v) is 19.0. The van der Waals surface area contributed by atoms with Crippen molar-refractivity contribution in [3.63, 3.8) is 0 Å². The highest BCUT2D eigenvalue weighted by Crippen LogP contribution is 2.53. The number of ether oxygens (including phenoxy) is 1. The number of allylic oxidation sites excluding steroid dienone is 2. The van der Waals surface area contributed by atoms with E-state index in [9.17, 15) is 0 Å². The number of hydrogen-bond donors (Lipinski definition) is 0. The Morgan fingerprint density at radius 2 is 1.09 bits per heavy atom. The maximum Gasteiger partial charge on any atom is 0.134 e. The Hall–Kier alpha value is -7.10. The molecule has 55 heavy (non-hydrogen) atoms. The molecular formula is C52H36N2O. The van der Waals surface area contributed by atoms with Gasteiger partial charge in [0, 0.05) is 45.2 Å². The lowest BCUT2D eigenvalue weighted by molar-refractivity contribution is 0.271. The van der Waals surface area contributed by atoms with Crippen LogP contribution in [0.25, 0.3) is 60.5 Å². The van der Waals surface area contributed by atoms with Gasteiger partial charge in [-0.15, -0.1) is 0 Å². The second-order valence-corrected chi connectivity index (χ2v) is 14.4. The van der Waals surface area contributed by atoms with E-state index in [0.717, 1.165) is 45.1 Å². The number of hydrogen-bond acceptors (Lipinski definition) is 2. The van der Waals surface area contributed by atoms with Crippen LogP contribution in [-0.2, 0) is 0 Å². The van der Waals surface area contributed by atoms with E-state index in [0.29, 0.717) is 0 Å². The van der Waals surface area contributed by atoms with E-state index in [4.69, 9.17) is 4.74 Å². The van der Waals surface area contributed by atoms with Crippen molar-refractivity contribution in [3.05, 3.63) is 212 Å². The number of benzene rings is 8. The predicted molar refractivity (Wildman–Crippen MR) is 229 cm³/mol. The molecule has 0 saturated heterocycles. The second-order valence-electron chi connectivity index (χ2n) is 14.4. The molecule has 0 N–H and O–H groups in total. The van der Waals surface area contributed by atoms with Gasteiger partial charge in [0.1, 0.15) is 11.9 Å². The van der Waals surface area contributed by atoms with E-state index in [1.807, 2.05) is 0 Å². The molecule has 0 amide bonds. The molecule has 0 saturated carbocycles. The van der Waals surface area contributed by atoms with Gasteiger partial charge in [-0.05, 0) is 94.2 Å².